The van der Waals surface area contributed by atoms with E-state index >= 15 is 0 Å². The van der Waals surface area contributed by atoms with Gasteiger partial charge in [0.2, 0.25) is 5.91 Å². The average molecular weight is 483 g/mol. The van der Waals surface area contributed by atoms with Crippen molar-refractivity contribution in [2.75, 3.05) is 13.7 Å². The Morgan fingerprint density at radius 1 is 1.12 bits per heavy atom. The normalized spacial score (nSPS) is 16.1. The zero-order chi connectivity index (χ0) is 24.0. The molecule has 0 radical (unpaired) electrons. The third-order valence-corrected chi connectivity index (χ3v) is 7.57. The molecule has 3 heterocycles. The van der Waals surface area contributed by atoms with Crippen LogP contribution in [0.1, 0.15) is 28.3 Å². The maximum atomic E-state index is 13.2. The molecule has 2 aliphatic rings. The Hall–Kier alpha value is -3.70. The van der Waals surface area contributed by atoms with Gasteiger partial charge in [0, 0.05) is 30.9 Å². The van der Waals surface area contributed by atoms with Gasteiger partial charge in [-0.25, -0.2) is 4.79 Å². The van der Waals surface area contributed by atoms with Crippen molar-refractivity contribution < 1.29 is 27.9 Å². The number of aliphatic hydroxyl groups excluding tert-OH is 1. The number of ether oxygens (including phenoxy) is 1. The predicted molar refractivity (Wildman–Crippen MR) is 119 cm³/mol. The number of aliphatic hydroxyl groups is 1. The smallest absolute Gasteiger partial charge is 0.410 e. The van der Waals surface area contributed by atoms with E-state index in [0.717, 1.165) is 9.65 Å². The minimum atomic E-state index is -3.98. The first kappa shape index (κ1) is 22.1. The number of nitrogens with zero attached hydrogens (tertiary/aromatic N) is 4. The lowest BCUT2D eigenvalue weighted by atomic mass is 9.98. The van der Waals surface area contributed by atoms with Crippen LogP contribution in [0.15, 0.2) is 59.6 Å². The van der Waals surface area contributed by atoms with Crippen molar-refractivity contribution in [3.8, 4) is 5.75 Å². The van der Waals surface area contributed by atoms with Crippen molar-refractivity contribution in [3.05, 3.63) is 77.1 Å². The molecule has 11 heteroatoms. The summed E-state index contributed by atoms with van der Waals surface area (Å²) in [4.78, 5) is 27.6. The molecule has 176 valence electrons. The van der Waals surface area contributed by atoms with Crippen molar-refractivity contribution >= 4 is 22.0 Å². The van der Waals surface area contributed by atoms with Crippen LogP contribution in [0.25, 0.3) is 0 Å². The number of rotatable bonds is 5. The fourth-order valence-corrected chi connectivity index (χ4v) is 5.40. The molecule has 1 atom stereocenters. The van der Waals surface area contributed by atoms with Crippen LogP contribution in [0.4, 0.5) is 4.79 Å². The Morgan fingerprint density at radius 3 is 2.59 bits per heavy atom. The molecule has 0 saturated heterocycles. The molecular formula is C23H22N4O6S. The quantitative estimate of drug-likeness (QED) is 0.587. The van der Waals surface area contributed by atoms with Crippen LogP contribution in [0, 0.1) is 0 Å². The molecule has 1 N–H and O–H groups in total. The lowest BCUT2D eigenvalue weighted by Gasteiger charge is -2.24. The Kier molecular flexibility index (Phi) is 5.37. The molecule has 0 bridgehead atoms. The van der Waals surface area contributed by atoms with Crippen LogP contribution >= 0.6 is 0 Å². The highest BCUT2D eigenvalue weighted by Crippen LogP contribution is 2.30. The van der Waals surface area contributed by atoms with E-state index in [1.807, 2.05) is 18.2 Å². The van der Waals surface area contributed by atoms with Gasteiger partial charge in [0.25, 0.3) is 10.0 Å². The number of aromatic nitrogens is 2. The minimum Gasteiger partial charge on any atom is -0.410 e. The highest BCUT2D eigenvalue weighted by Gasteiger charge is 2.33. The summed E-state index contributed by atoms with van der Waals surface area (Å²) in [6, 6.07) is 13.3. The van der Waals surface area contributed by atoms with E-state index in [9.17, 15) is 23.1 Å². The molecule has 2 aliphatic heterocycles. The lowest BCUT2D eigenvalue weighted by Crippen LogP contribution is -2.33. The van der Waals surface area contributed by atoms with Gasteiger partial charge in [0.05, 0.1) is 36.2 Å². The second kappa shape index (κ2) is 8.26. The Balaban J connectivity index is 1.36. The molecule has 3 aromatic rings. The van der Waals surface area contributed by atoms with E-state index in [1.165, 1.54) is 29.3 Å². The highest BCUT2D eigenvalue weighted by atomic mass is 32.2. The number of amides is 2. The summed E-state index contributed by atoms with van der Waals surface area (Å²) < 4.78 is 32.5. The van der Waals surface area contributed by atoms with Gasteiger partial charge >= 0.3 is 6.09 Å². The van der Waals surface area contributed by atoms with Gasteiger partial charge < -0.3 is 19.6 Å². The third-order valence-electron chi connectivity index (χ3n) is 6.04. The Bertz CT molecular complexity index is 1360. The van der Waals surface area contributed by atoms with E-state index in [-0.39, 0.29) is 37.0 Å². The number of fused-ring (bicyclic) bond motifs is 2. The summed E-state index contributed by atoms with van der Waals surface area (Å²) in [6.45, 7) is 0.273. The summed E-state index contributed by atoms with van der Waals surface area (Å²) >= 11 is 0. The van der Waals surface area contributed by atoms with Crippen molar-refractivity contribution in [1.29, 1.82) is 0 Å². The second-order valence-electron chi connectivity index (χ2n) is 8.31. The first-order valence-corrected chi connectivity index (χ1v) is 12.1. The molecule has 0 saturated carbocycles. The van der Waals surface area contributed by atoms with Gasteiger partial charge in [-0.05, 0) is 23.8 Å². The standard InChI is InChI=1S/C23H22N4O6S/c1-25-10-16-9-18(7-8-21(16)33-23(25)30)34(31,32)27-12-17-11-26(13-20(17)24-27)22(29)19(14-28)15-5-3-2-4-6-15/h2-9,12,19,28H,10-11,13-14H2,1H3/t19-/m1/s1. The average Bonchev–Trinajstić information content (AvgIpc) is 3.41. The largest absolute Gasteiger partial charge is 0.415 e. The summed E-state index contributed by atoms with van der Waals surface area (Å²) in [5.41, 5.74) is 2.42. The van der Waals surface area contributed by atoms with Crippen LogP contribution in [-0.4, -0.2) is 58.2 Å². The fourth-order valence-electron chi connectivity index (χ4n) is 4.18. The number of benzene rings is 2. The summed E-state index contributed by atoms with van der Waals surface area (Å²) in [5, 5.41) is 14.0. The molecule has 0 unspecified atom stereocenters. The third kappa shape index (κ3) is 3.72. The molecule has 10 nitrogen and oxygen atoms in total. The monoisotopic (exact) mass is 482 g/mol. The number of hydrogen-bond donors (Lipinski definition) is 1. The minimum absolute atomic E-state index is 0.0242. The number of hydrogen-bond acceptors (Lipinski definition) is 7. The molecular weight excluding hydrogens is 460 g/mol. The highest BCUT2D eigenvalue weighted by molar-refractivity contribution is 7.89. The fraction of sp³-hybridized carbons (Fsp3) is 0.261. The summed E-state index contributed by atoms with van der Waals surface area (Å²) in [5.74, 6) is -0.603. The van der Waals surface area contributed by atoms with E-state index in [1.54, 1.807) is 24.1 Å². The summed E-state index contributed by atoms with van der Waals surface area (Å²) in [6.07, 6.45) is 0.918. The molecule has 0 spiro atoms. The molecule has 2 amide bonds. The molecule has 5 rings (SSSR count). The molecule has 1 aromatic heterocycles. The van der Waals surface area contributed by atoms with Crippen LogP contribution in [0.3, 0.4) is 0 Å². The second-order valence-corrected chi connectivity index (χ2v) is 10.1. The van der Waals surface area contributed by atoms with Crippen molar-refractivity contribution in [3.63, 3.8) is 0 Å². The van der Waals surface area contributed by atoms with Crippen molar-refractivity contribution in [2.45, 2.75) is 30.4 Å². The van der Waals surface area contributed by atoms with Crippen molar-refractivity contribution in [1.82, 2.24) is 19.0 Å². The zero-order valence-corrected chi connectivity index (χ0v) is 19.1. The SMILES string of the molecule is CN1Cc2cc(S(=O)(=O)n3cc4c(n3)CN(C(=O)[C@H](CO)c3ccccc3)C4)ccc2OC1=O. The van der Waals surface area contributed by atoms with Gasteiger partial charge in [-0.2, -0.15) is 17.6 Å². The maximum Gasteiger partial charge on any atom is 0.415 e. The molecule has 0 fully saturated rings. The van der Waals surface area contributed by atoms with E-state index in [4.69, 9.17) is 4.74 Å². The summed E-state index contributed by atoms with van der Waals surface area (Å²) in [7, 11) is -2.41. The lowest BCUT2D eigenvalue weighted by molar-refractivity contribution is -0.134. The van der Waals surface area contributed by atoms with Gasteiger partial charge in [0.1, 0.15) is 5.75 Å². The molecule has 34 heavy (non-hydrogen) atoms. The molecule has 2 aromatic carbocycles. The zero-order valence-electron chi connectivity index (χ0n) is 18.3. The van der Waals surface area contributed by atoms with Crippen LogP contribution in [0.2, 0.25) is 0 Å². The van der Waals surface area contributed by atoms with Crippen LogP contribution in [0.5, 0.6) is 5.75 Å². The molecule has 0 aliphatic carbocycles. The maximum absolute atomic E-state index is 13.2. The Morgan fingerprint density at radius 2 is 1.88 bits per heavy atom. The van der Waals surface area contributed by atoms with E-state index in [2.05, 4.69) is 5.10 Å². The topological polar surface area (TPSA) is 122 Å². The van der Waals surface area contributed by atoms with Gasteiger partial charge in [-0.15, -0.1) is 0 Å². The van der Waals surface area contributed by atoms with E-state index < -0.39 is 22.0 Å². The Labute approximate surface area is 196 Å². The first-order chi connectivity index (χ1) is 16.3. The van der Waals surface area contributed by atoms with Gasteiger partial charge in [-0.1, -0.05) is 30.3 Å². The van der Waals surface area contributed by atoms with E-state index in [0.29, 0.717) is 22.6 Å². The first-order valence-electron chi connectivity index (χ1n) is 10.6. The van der Waals surface area contributed by atoms with Gasteiger partial charge in [0.15, 0.2) is 0 Å². The number of carbonyl (C=O) groups excluding carboxylic acids is 2. The van der Waals surface area contributed by atoms with Crippen LogP contribution < -0.4 is 4.74 Å². The van der Waals surface area contributed by atoms with Crippen molar-refractivity contribution in [2.24, 2.45) is 0 Å². The van der Waals surface area contributed by atoms with Gasteiger partial charge in [-0.3, -0.25) is 4.79 Å². The predicted octanol–water partition coefficient (Wildman–Crippen LogP) is 1.68. The number of carbonyl (C=O) groups is 2. The van der Waals surface area contributed by atoms with Crippen LogP contribution in [-0.2, 0) is 34.5 Å².